The zero-order valence-corrected chi connectivity index (χ0v) is 18.8. The highest BCUT2D eigenvalue weighted by molar-refractivity contribution is 9.10. The molecular formula is C25H17BrFN3O3. The van der Waals surface area contributed by atoms with Crippen molar-refractivity contribution in [2.45, 2.75) is 13.2 Å². The van der Waals surface area contributed by atoms with Gasteiger partial charge in [-0.3, -0.25) is 9.69 Å². The van der Waals surface area contributed by atoms with E-state index in [0.29, 0.717) is 26.9 Å². The monoisotopic (exact) mass is 505 g/mol. The summed E-state index contributed by atoms with van der Waals surface area (Å²) in [5, 5.41) is 11.8. The van der Waals surface area contributed by atoms with Gasteiger partial charge >= 0.3 is 6.03 Å². The molecule has 4 rings (SSSR count). The Kier molecular flexibility index (Phi) is 6.52. The number of hydrogen-bond donors (Lipinski definition) is 1. The number of urea groups is 1. The lowest BCUT2D eigenvalue weighted by Gasteiger charge is -2.11. The zero-order valence-electron chi connectivity index (χ0n) is 17.2. The number of ether oxygens (including phenoxy) is 1. The lowest BCUT2D eigenvalue weighted by atomic mass is 10.1. The summed E-state index contributed by atoms with van der Waals surface area (Å²) < 4.78 is 19.6. The van der Waals surface area contributed by atoms with Crippen molar-refractivity contribution in [3.05, 3.63) is 105 Å². The molecule has 0 spiro atoms. The number of hydrogen-bond acceptors (Lipinski definition) is 4. The van der Waals surface area contributed by atoms with Crippen molar-refractivity contribution < 1.29 is 18.7 Å². The van der Waals surface area contributed by atoms with E-state index >= 15 is 0 Å². The van der Waals surface area contributed by atoms with Gasteiger partial charge in [-0.15, -0.1) is 0 Å². The highest BCUT2D eigenvalue weighted by atomic mass is 79.9. The Bertz CT molecular complexity index is 1300. The van der Waals surface area contributed by atoms with Gasteiger partial charge in [-0.1, -0.05) is 36.4 Å². The molecule has 0 unspecified atom stereocenters. The van der Waals surface area contributed by atoms with Crippen molar-refractivity contribution in [2.24, 2.45) is 0 Å². The van der Waals surface area contributed by atoms with Gasteiger partial charge in [-0.2, -0.15) is 5.26 Å². The molecule has 3 aromatic carbocycles. The van der Waals surface area contributed by atoms with Crippen molar-refractivity contribution in [2.75, 3.05) is 0 Å². The van der Waals surface area contributed by atoms with Crippen LogP contribution in [0.25, 0.3) is 6.08 Å². The van der Waals surface area contributed by atoms with E-state index in [2.05, 4.69) is 27.3 Å². The van der Waals surface area contributed by atoms with Crippen molar-refractivity contribution in [3.63, 3.8) is 0 Å². The third kappa shape index (κ3) is 5.10. The Morgan fingerprint density at radius 1 is 1.09 bits per heavy atom. The maximum atomic E-state index is 13.1. The molecule has 0 bridgehead atoms. The first-order chi connectivity index (χ1) is 15.9. The summed E-state index contributed by atoms with van der Waals surface area (Å²) in [6, 6.07) is 19.7. The minimum Gasteiger partial charge on any atom is -0.488 e. The first-order valence-electron chi connectivity index (χ1n) is 9.94. The fourth-order valence-corrected chi connectivity index (χ4v) is 3.80. The van der Waals surface area contributed by atoms with Crippen molar-refractivity contribution in [3.8, 4) is 11.8 Å². The van der Waals surface area contributed by atoms with E-state index in [-0.39, 0.29) is 24.7 Å². The van der Waals surface area contributed by atoms with Crippen LogP contribution in [0.1, 0.15) is 22.3 Å². The van der Waals surface area contributed by atoms with E-state index in [1.54, 1.807) is 36.4 Å². The minimum absolute atomic E-state index is 0.0446. The zero-order chi connectivity index (χ0) is 23.4. The smallest absolute Gasteiger partial charge is 0.329 e. The van der Waals surface area contributed by atoms with E-state index in [9.17, 15) is 19.2 Å². The molecule has 164 valence electrons. The SMILES string of the molecule is N#Cc1ccccc1COc1ccc(/C=C2\NC(=O)N(Cc3ccc(F)cc3)C2=O)cc1Br. The van der Waals surface area contributed by atoms with Gasteiger partial charge in [0.15, 0.2) is 0 Å². The van der Waals surface area contributed by atoms with Crippen LogP contribution >= 0.6 is 15.9 Å². The van der Waals surface area contributed by atoms with Gasteiger partial charge in [0.2, 0.25) is 0 Å². The first-order valence-corrected chi connectivity index (χ1v) is 10.7. The third-order valence-corrected chi connectivity index (χ3v) is 5.62. The highest BCUT2D eigenvalue weighted by Crippen LogP contribution is 2.28. The second-order valence-electron chi connectivity index (χ2n) is 7.25. The maximum Gasteiger partial charge on any atom is 0.329 e. The fraction of sp³-hybridized carbons (Fsp3) is 0.0800. The molecule has 1 saturated heterocycles. The van der Waals surface area contributed by atoms with Gasteiger partial charge < -0.3 is 10.1 Å². The number of halogens is 2. The van der Waals surface area contributed by atoms with E-state index in [4.69, 9.17) is 4.74 Å². The Hall–Kier alpha value is -3.96. The molecule has 0 aromatic heterocycles. The van der Waals surface area contributed by atoms with Crippen molar-refractivity contribution in [1.82, 2.24) is 10.2 Å². The molecule has 0 saturated carbocycles. The number of rotatable bonds is 6. The number of nitrogens with one attached hydrogen (secondary N) is 1. The summed E-state index contributed by atoms with van der Waals surface area (Å²) in [6.45, 7) is 0.276. The van der Waals surface area contributed by atoms with Gasteiger partial charge in [0.25, 0.3) is 5.91 Å². The molecule has 0 radical (unpaired) electrons. The Labute approximate surface area is 198 Å². The topological polar surface area (TPSA) is 82.4 Å². The molecule has 1 heterocycles. The van der Waals surface area contributed by atoms with E-state index in [0.717, 1.165) is 10.5 Å². The number of carbonyl (C=O) groups is 2. The molecule has 3 amide bonds. The molecule has 8 heteroatoms. The average molecular weight is 506 g/mol. The second kappa shape index (κ2) is 9.67. The largest absolute Gasteiger partial charge is 0.488 e. The van der Waals surface area contributed by atoms with Crippen LogP contribution in [0.3, 0.4) is 0 Å². The molecule has 33 heavy (non-hydrogen) atoms. The number of nitrogens with zero attached hydrogens (tertiary/aromatic N) is 2. The molecular weight excluding hydrogens is 489 g/mol. The minimum atomic E-state index is -0.536. The van der Waals surface area contributed by atoms with Gasteiger partial charge in [0.1, 0.15) is 23.9 Å². The molecule has 3 aromatic rings. The molecule has 0 aliphatic carbocycles. The number of imide groups is 1. The van der Waals surface area contributed by atoms with Gasteiger partial charge in [-0.25, -0.2) is 9.18 Å². The van der Waals surface area contributed by atoms with E-state index in [1.807, 2.05) is 12.1 Å². The van der Waals surface area contributed by atoms with E-state index in [1.165, 1.54) is 24.3 Å². The summed E-state index contributed by atoms with van der Waals surface area (Å²) in [6.07, 6.45) is 1.57. The predicted octanol–water partition coefficient (Wildman–Crippen LogP) is 5.13. The number of nitriles is 1. The molecule has 1 N–H and O–H groups in total. The maximum absolute atomic E-state index is 13.1. The lowest BCUT2D eigenvalue weighted by molar-refractivity contribution is -0.123. The highest BCUT2D eigenvalue weighted by Gasteiger charge is 2.33. The Balaban J connectivity index is 1.46. The molecule has 1 aliphatic rings. The van der Waals surface area contributed by atoms with Crippen LogP contribution < -0.4 is 10.1 Å². The standard InChI is InChI=1S/C25H17BrFN3O3/c26-21-11-17(7-10-23(21)33-15-19-4-2-1-3-18(19)13-28)12-22-24(31)30(25(32)29-22)14-16-5-8-20(27)9-6-16/h1-12H,14-15H2,(H,29,32)/b22-12-. The molecule has 1 fully saturated rings. The predicted molar refractivity (Wildman–Crippen MR) is 123 cm³/mol. The molecule has 0 atom stereocenters. The van der Waals surface area contributed by atoms with Crippen LogP contribution in [0.4, 0.5) is 9.18 Å². The van der Waals surface area contributed by atoms with Crippen molar-refractivity contribution in [1.29, 1.82) is 5.26 Å². The van der Waals surface area contributed by atoms with E-state index < -0.39 is 11.9 Å². The third-order valence-electron chi connectivity index (χ3n) is 5.00. The van der Waals surface area contributed by atoms with Crippen LogP contribution in [0, 0.1) is 17.1 Å². The van der Waals surface area contributed by atoms with Crippen LogP contribution in [-0.2, 0) is 17.9 Å². The number of amides is 3. The summed E-state index contributed by atoms with van der Waals surface area (Å²) in [5.41, 5.74) is 2.79. The Morgan fingerprint density at radius 2 is 1.85 bits per heavy atom. The van der Waals surface area contributed by atoms with Crippen LogP contribution in [0.15, 0.2) is 76.9 Å². The second-order valence-corrected chi connectivity index (χ2v) is 8.11. The van der Waals surface area contributed by atoms with Crippen molar-refractivity contribution >= 4 is 33.9 Å². The van der Waals surface area contributed by atoms with Gasteiger partial charge in [0.05, 0.1) is 22.7 Å². The number of benzene rings is 3. The summed E-state index contributed by atoms with van der Waals surface area (Å²) in [5.74, 6) is -0.276. The average Bonchev–Trinajstić information content (AvgIpc) is 3.07. The lowest BCUT2D eigenvalue weighted by Crippen LogP contribution is -2.30. The first kappa shape index (κ1) is 22.2. The normalized spacial score (nSPS) is 14.3. The van der Waals surface area contributed by atoms with Crippen LogP contribution in [0.2, 0.25) is 0 Å². The molecule has 6 nitrogen and oxygen atoms in total. The fourth-order valence-electron chi connectivity index (χ4n) is 3.29. The van der Waals surface area contributed by atoms with Crippen LogP contribution in [-0.4, -0.2) is 16.8 Å². The quantitative estimate of drug-likeness (QED) is 0.371. The summed E-state index contributed by atoms with van der Waals surface area (Å²) >= 11 is 3.46. The Morgan fingerprint density at radius 3 is 2.58 bits per heavy atom. The van der Waals surface area contributed by atoms with Crippen LogP contribution in [0.5, 0.6) is 5.75 Å². The van der Waals surface area contributed by atoms with Gasteiger partial charge in [0, 0.05) is 5.56 Å². The summed E-state index contributed by atoms with van der Waals surface area (Å²) in [4.78, 5) is 26.0. The summed E-state index contributed by atoms with van der Waals surface area (Å²) in [7, 11) is 0. The molecule has 1 aliphatic heterocycles. The van der Waals surface area contributed by atoms with Gasteiger partial charge in [-0.05, 0) is 63.5 Å². The number of carbonyl (C=O) groups excluding carboxylic acids is 2.